The average molecular weight is 300 g/mol. The van der Waals surface area contributed by atoms with Crippen LogP contribution in [0.25, 0.3) is 0 Å². The lowest BCUT2D eigenvalue weighted by Crippen LogP contribution is -2.19. The summed E-state index contributed by atoms with van der Waals surface area (Å²) in [5.74, 6) is -1.56. The van der Waals surface area contributed by atoms with Gasteiger partial charge in [0.05, 0.1) is 5.75 Å². The number of carboxylic acid groups (broad SMARTS) is 1. The lowest BCUT2D eigenvalue weighted by atomic mass is 10.2. The highest BCUT2D eigenvalue weighted by molar-refractivity contribution is 7.92. The number of amides is 1. The van der Waals surface area contributed by atoms with Crippen molar-refractivity contribution in [2.75, 3.05) is 17.5 Å². The normalized spacial score (nSPS) is 10.8. The highest BCUT2D eigenvalue weighted by Crippen LogP contribution is 2.12. The van der Waals surface area contributed by atoms with Crippen LogP contribution in [0.1, 0.15) is 23.2 Å². The van der Waals surface area contributed by atoms with Crippen molar-refractivity contribution in [2.45, 2.75) is 12.8 Å². The Labute approximate surface area is 117 Å². The fraction of sp³-hybridized carbons (Fsp3) is 0.333. The van der Waals surface area contributed by atoms with Crippen molar-refractivity contribution in [2.24, 2.45) is 0 Å². The zero-order chi connectivity index (χ0) is 15.2. The predicted molar refractivity (Wildman–Crippen MR) is 74.1 cm³/mol. The van der Waals surface area contributed by atoms with Gasteiger partial charge in [-0.25, -0.2) is 8.42 Å². The molecule has 0 heterocycles. The van der Waals surface area contributed by atoms with Gasteiger partial charge < -0.3 is 10.4 Å². The first kappa shape index (κ1) is 16.0. The van der Waals surface area contributed by atoms with Crippen LogP contribution in [0.2, 0.25) is 0 Å². The fourth-order valence-corrected chi connectivity index (χ4v) is 2.60. The molecule has 0 aliphatic carbocycles. The molecule has 110 valence electrons. The topological polar surface area (TPSA) is 113 Å². The molecule has 0 radical (unpaired) electrons. The van der Waals surface area contributed by atoms with Gasteiger partial charge >= 0.3 is 5.97 Å². The number of rotatable bonds is 7. The summed E-state index contributed by atoms with van der Waals surface area (Å²) in [6.45, 7) is 0. The third-order valence-corrected chi connectivity index (χ3v) is 3.82. The van der Waals surface area contributed by atoms with Gasteiger partial charge in [0.1, 0.15) is 0 Å². The van der Waals surface area contributed by atoms with Crippen LogP contribution in [0.5, 0.6) is 0 Å². The molecule has 0 spiro atoms. The summed E-state index contributed by atoms with van der Waals surface area (Å²) in [6, 6.07) is 5.93. The minimum absolute atomic E-state index is 0.0426. The third kappa shape index (κ3) is 5.27. The standard InChI is InChI=1S/C12H16N2O5S/c1-13-12(17)9-4-6-10(7-5-9)14-20(18,19)8-2-3-11(15)16/h4-7,14H,2-3,8H2,1H3,(H,13,17)(H,15,16). The molecule has 0 saturated heterocycles. The molecule has 0 aromatic heterocycles. The lowest BCUT2D eigenvalue weighted by Gasteiger charge is -2.08. The first-order valence-electron chi connectivity index (χ1n) is 5.88. The van der Waals surface area contributed by atoms with Gasteiger partial charge in [0.25, 0.3) is 5.91 Å². The van der Waals surface area contributed by atoms with E-state index < -0.39 is 16.0 Å². The van der Waals surface area contributed by atoms with Crippen LogP contribution in [0, 0.1) is 0 Å². The first-order valence-corrected chi connectivity index (χ1v) is 7.54. The minimum atomic E-state index is -3.58. The van der Waals surface area contributed by atoms with Gasteiger partial charge in [-0.15, -0.1) is 0 Å². The van der Waals surface area contributed by atoms with Gasteiger partial charge in [-0.05, 0) is 30.7 Å². The number of carbonyl (C=O) groups excluding carboxylic acids is 1. The van der Waals surface area contributed by atoms with Crippen molar-refractivity contribution in [3.05, 3.63) is 29.8 Å². The van der Waals surface area contributed by atoms with E-state index in [-0.39, 0.29) is 24.5 Å². The number of benzene rings is 1. The van der Waals surface area contributed by atoms with Crippen molar-refractivity contribution in [1.29, 1.82) is 0 Å². The average Bonchev–Trinajstić information content (AvgIpc) is 2.37. The first-order chi connectivity index (χ1) is 9.34. The summed E-state index contributed by atoms with van der Waals surface area (Å²) in [6.07, 6.45) is -0.155. The van der Waals surface area contributed by atoms with Crippen LogP contribution in [0.15, 0.2) is 24.3 Å². The van der Waals surface area contributed by atoms with Crippen molar-refractivity contribution in [3.63, 3.8) is 0 Å². The monoisotopic (exact) mass is 300 g/mol. The van der Waals surface area contributed by atoms with Crippen LogP contribution >= 0.6 is 0 Å². The van der Waals surface area contributed by atoms with E-state index in [2.05, 4.69) is 10.0 Å². The number of carboxylic acids is 1. The molecule has 1 rings (SSSR count). The largest absolute Gasteiger partial charge is 0.481 e. The molecule has 0 aliphatic heterocycles. The SMILES string of the molecule is CNC(=O)c1ccc(NS(=O)(=O)CCCC(=O)O)cc1. The molecular weight excluding hydrogens is 284 g/mol. The van der Waals surface area contributed by atoms with Crippen LogP contribution in [-0.2, 0) is 14.8 Å². The smallest absolute Gasteiger partial charge is 0.303 e. The Bertz CT molecular complexity index is 580. The second-order valence-electron chi connectivity index (χ2n) is 4.07. The number of hydrogen-bond acceptors (Lipinski definition) is 4. The number of nitrogens with one attached hydrogen (secondary N) is 2. The van der Waals surface area contributed by atoms with Crippen molar-refractivity contribution in [1.82, 2.24) is 5.32 Å². The Morgan fingerprint density at radius 1 is 1.20 bits per heavy atom. The van der Waals surface area contributed by atoms with E-state index in [1.54, 1.807) is 0 Å². The molecule has 8 heteroatoms. The van der Waals surface area contributed by atoms with Crippen LogP contribution in [-0.4, -0.2) is 38.2 Å². The molecule has 1 aromatic rings. The lowest BCUT2D eigenvalue weighted by molar-refractivity contribution is -0.137. The van der Waals surface area contributed by atoms with E-state index in [9.17, 15) is 18.0 Å². The van der Waals surface area contributed by atoms with E-state index in [0.717, 1.165) is 0 Å². The molecule has 0 atom stereocenters. The molecule has 1 amide bonds. The Hall–Kier alpha value is -2.09. The quantitative estimate of drug-likeness (QED) is 0.684. The van der Waals surface area contributed by atoms with E-state index in [0.29, 0.717) is 11.3 Å². The number of hydrogen-bond donors (Lipinski definition) is 3. The van der Waals surface area contributed by atoms with Gasteiger partial charge in [-0.1, -0.05) is 0 Å². The van der Waals surface area contributed by atoms with Crippen LogP contribution in [0.3, 0.4) is 0 Å². The number of aliphatic carboxylic acids is 1. The van der Waals surface area contributed by atoms with Crippen LogP contribution in [0.4, 0.5) is 5.69 Å². The highest BCUT2D eigenvalue weighted by Gasteiger charge is 2.12. The maximum absolute atomic E-state index is 11.7. The molecule has 1 aromatic carbocycles. The second kappa shape index (κ2) is 6.90. The molecule has 7 nitrogen and oxygen atoms in total. The molecule has 0 bridgehead atoms. The summed E-state index contributed by atoms with van der Waals surface area (Å²) >= 11 is 0. The maximum atomic E-state index is 11.7. The highest BCUT2D eigenvalue weighted by atomic mass is 32.2. The molecule has 0 unspecified atom stereocenters. The molecule has 0 saturated carbocycles. The van der Waals surface area contributed by atoms with Crippen molar-refractivity contribution in [3.8, 4) is 0 Å². The number of anilines is 1. The molecular formula is C12H16N2O5S. The van der Waals surface area contributed by atoms with E-state index >= 15 is 0 Å². The maximum Gasteiger partial charge on any atom is 0.303 e. The number of sulfonamides is 1. The minimum Gasteiger partial charge on any atom is -0.481 e. The van der Waals surface area contributed by atoms with E-state index in [4.69, 9.17) is 5.11 Å². The van der Waals surface area contributed by atoms with E-state index in [1.165, 1.54) is 31.3 Å². The Morgan fingerprint density at radius 2 is 1.80 bits per heavy atom. The summed E-state index contributed by atoms with van der Waals surface area (Å²) in [7, 11) is -2.08. The Morgan fingerprint density at radius 3 is 2.30 bits per heavy atom. The van der Waals surface area contributed by atoms with Gasteiger partial charge in [0.2, 0.25) is 10.0 Å². The Kier molecular flexibility index (Phi) is 5.51. The fourth-order valence-electron chi connectivity index (χ4n) is 1.48. The summed E-state index contributed by atoms with van der Waals surface area (Å²) in [5, 5.41) is 10.9. The Balaban J connectivity index is 2.63. The van der Waals surface area contributed by atoms with E-state index in [1.807, 2.05) is 0 Å². The van der Waals surface area contributed by atoms with Crippen LogP contribution < -0.4 is 10.0 Å². The van der Waals surface area contributed by atoms with Gasteiger partial charge in [0, 0.05) is 24.7 Å². The zero-order valence-corrected chi connectivity index (χ0v) is 11.7. The van der Waals surface area contributed by atoms with Crippen molar-refractivity contribution >= 4 is 27.6 Å². The van der Waals surface area contributed by atoms with Gasteiger partial charge in [-0.3, -0.25) is 14.3 Å². The summed E-state index contributed by atoms with van der Waals surface area (Å²) < 4.78 is 25.7. The van der Waals surface area contributed by atoms with Gasteiger partial charge in [-0.2, -0.15) is 0 Å². The molecule has 20 heavy (non-hydrogen) atoms. The molecule has 0 aliphatic rings. The van der Waals surface area contributed by atoms with Crippen molar-refractivity contribution < 1.29 is 23.1 Å². The third-order valence-electron chi connectivity index (χ3n) is 2.45. The predicted octanol–water partition coefficient (Wildman–Crippen LogP) is 0.653. The zero-order valence-electron chi connectivity index (χ0n) is 10.9. The summed E-state index contributed by atoms with van der Waals surface area (Å²) in [4.78, 5) is 21.6. The second-order valence-corrected chi connectivity index (χ2v) is 5.92. The summed E-state index contributed by atoms with van der Waals surface area (Å²) in [5.41, 5.74) is 0.745. The van der Waals surface area contributed by atoms with Gasteiger partial charge in [0.15, 0.2) is 0 Å². The molecule has 0 fully saturated rings. The molecule has 3 N–H and O–H groups in total. The number of carbonyl (C=O) groups is 2.